The first-order chi connectivity index (χ1) is 17.5. The molecule has 188 valence electrons. The van der Waals surface area contributed by atoms with Crippen LogP contribution in [-0.2, 0) is 17.8 Å². The Balaban J connectivity index is 1.49. The number of rotatable bonds is 7. The molecule has 0 unspecified atom stereocenters. The number of nitrogens with one attached hydrogen (secondary N) is 2. The number of nitrogens with zero attached hydrogens (tertiary/aromatic N) is 5. The van der Waals surface area contributed by atoms with Gasteiger partial charge in [-0.15, -0.1) is 0 Å². The molecule has 1 aromatic heterocycles. The molecule has 0 saturated carbocycles. The van der Waals surface area contributed by atoms with E-state index >= 15 is 0 Å². The molecule has 0 amide bonds. The zero-order valence-corrected chi connectivity index (χ0v) is 21.6. The lowest BCUT2D eigenvalue weighted by Crippen LogP contribution is -2.51. The van der Waals surface area contributed by atoms with E-state index in [4.69, 9.17) is 26.3 Å². The van der Waals surface area contributed by atoms with E-state index in [1.807, 2.05) is 26.2 Å². The van der Waals surface area contributed by atoms with Crippen LogP contribution in [0, 0.1) is 11.3 Å². The highest BCUT2D eigenvalue weighted by atomic mass is 35.5. The highest BCUT2D eigenvalue weighted by molar-refractivity contribution is 6.35. The minimum atomic E-state index is -0.146. The predicted octanol–water partition coefficient (Wildman–Crippen LogP) is 3.76. The molecule has 2 aliphatic heterocycles. The zero-order chi connectivity index (χ0) is 25.1. The van der Waals surface area contributed by atoms with Crippen LogP contribution in [0.3, 0.4) is 0 Å². The van der Waals surface area contributed by atoms with Crippen LogP contribution in [0.25, 0.3) is 10.8 Å². The van der Waals surface area contributed by atoms with Gasteiger partial charge in [0.15, 0.2) is 0 Å². The lowest BCUT2D eigenvalue weighted by Gasteiger charge is -2.36. The Kier molecular flexibility index (Phi) is 7.54. The molecule has 1 saturated heterocycles. The molecule has 36 heavy (non-hydrogen) atoms. The number of hydrogen-bond acceptors (Lipinski definition) is 8. The second-order valence-electron chi connectivity index (χ2n) is 9.67. The first kappa shape index (κ1) is 24.7. The van der Waals surface area contributed by atoms with Crippen LogP contribution in [0.5, 0.6) is 0 Å². The van der Waals surface area contributed by atoms with E-state index in [-0.39, 0.29) is 12.1 Å². The molecule has 0 bridgehead atoms. The average Bonchev–Trinajstić information content (AvgIpc) is 2.88. The fourth-order valence-electron chi connectivity index (χ4n) is 5.04. The van der Waals surface area contributed by atoms with Gasteiger partial charge in [0.25, 0.3) is 0 Å². The van der Waals surface area contributed by atoms with Gasteiger partial charge in [-0.3, -0.25) is 0 Å². The minimum absolute atomic E-state index is 0.120. The van der Waals surface area contributed by atoms with Crippen molar-refractivity contribution in [3.63, 3.8) is 0 Å². The molecule has 0 aliphatic carbocycles. The Morgan fingerprint density at radius 2 is 2.08 bits per heavy atom. The van der Waals surface area contributed by atoms with Crippen molar-refractivity contribution in [2.24, 2.45) is 0 Å². The number of anilines is 2. The molecular weight excluding hydrogens is 474 g/mol. The van der Waals surface area contributed by atoms with Gasteiger partial charge < -0.3 is 25.2 Å². The third-order valence-electron chi connectivity index (χ3n) is 6.85. The summed E-state index contributed by atoms with van der Waals surface area (Å²) in [6.45, 7) is 4.44. The van der Waals surface area contributed by atoms with Crippen molar-refractivity contribution in [2.45, 2.75) is 31.6 Å². The minimum Gasteiger partial charge on any atom is -0.368 e. The summed E-state index contributed by atoms with van der Waals surface area (Å²) in [7, 11) is 4.10. The van der Waals surface area contributed by atoms with Crippen molar-refractivity contribution in [3.8, 4) is 6.07 Å². The summed E-state index contributed by atoms with van der Waals surface area (Å²) in [6, 6.07) is 14.6. The van der Waals surface area contributed by atoms with E-state index in [2.05, 4.69) is 50.8 Å². The summed E-state index contributed by atoms with van der Waals surface area (Å²) >= 11 is 6.63. The molecule has 2 aliphatic rings. The molecule has 2 aromatic carbocycles. The highest BCUT2D eigenvalue weighted by Crippen LogP contribution is 2.39. The normalized spacial score (nSPS) is 19.8. The molecule has 8 nitrogen and oxygen atoms in total. The maximum Gasteiger partial charge on any atom is 0.224 e. The summed E-state index contributed by atoms with van der Waals surface area (Å²) in [6.07, 6.45) is 0.969. The smallest absolute Gasteiger partial charge is 0.224 e. The number of ether oxygens (including phenoxy) is 1. The van der Waals surface area contributed by atoms with Gasteiger partial charge in [-0.25, -0.2) is 4.98 Å². The Hall–Kier alpha value is -2.96. The van der Waals surface area contributed by atoms with Crippen LogP contribution in [0.4, 0.5) is 11.8 Å². The molecule has 0 spiro atoms. The number of fused-ring (bicyclic) bond motifs is 2. The number of hydrogen-bond donors (Lipinski definition) is 2. The van der Waals surface area contributed by atoms with E-state index in [0.29, 0.717) is 25.4 Å². The Morgan fingerprint density at radius 3 is 2.89 bits per heavy atom. The van der Waals surface area contributed by atoms with Gasteiger partial charge in [-0.05, 0) is 31.1 Å². The molecule has 3 aromatic rings. The van der Waals surface area contributed by atoms with Crippen molar-refractivity contribution in [1.29, 1.82) is 5.26 Å². The fraction of sp³-hybridized carbons (Fsp3) is 0.444. The number of likely N-dealkylation sites (N-methyl/N-ethyl adjacent to an activating group) is 1. The average molecular weight is 506 g/mol. The maximum absolute atomic E-state index is 9.21. The molecule has 1 fully saturated rings. The van der Waals surface area contributed by atoms with Crippen LogP contribution in [0.2, 0.25) is 5.02 Å². The van der Waals surface area contributed by atoms with Gasteiger partial charge in [0.05, 0.1) is 30.9 Å². The van der Waals surface area contributed by atoms with Gasteiger partial charge in [-0.1, -0.05) is 41.9 Å². The zero-order valence-electron chi connectivity index (χ0n) is 20.8. The third kappa shape index (κ3) is 5.25. The molecule has 2 N–H and O–H groups in total. The predicted molar refractivity (Wildman–Crippen MR) is 144 cm³/mol. The Morgan fingerprint density at radius 1 is 1.25 bits per heavy atom. The standard InChI is InChI=1S/C27H32ClN7O/c1-34(2)13-11-31-27-32-23-15-24(20-7-3-5-18-6-4-8-22(28)25(18)20)36-17-21(23)26(33-27)35-14-12-30-19(16-35)9-10-29/h3-8,19,24,30H,9,11-17H2,1-2H3,(H,31,32,33)/t19-,24-/m0/s1. The second kappa shape index (κ2) is 11.0. The van der Waals surface area contributed by atoms with Gasteiger partial charge in [0.1, 0.15) is 5.82 Å². The monoisotopic (exact) mass is 505 g/mol. The van der Waals surface area contributed by atoms with Crippen LogP contribution in [-0.4, -0.2) is 67.7 Å². The van der Waals surface area contributed by atoms with Crippen LogP contribution >= 0.6 is 11.6 Å². The van der Waals surface area contributed by atoms with Crippen molar-refractivity contribution >= 4 is 34.1 Å². The lowest BCUT2D eigenvalue weighted by atomic mass is 9.94. The van der Waals surface area contributed by atoms with E-state index in [9.17, 15) is 5.26 Å². The largest absolute Gasteiger partial charge is 0.368 e. The van der Waals surface area contributed by atoms with Crippen LogP contribution in [0.1, 0.15) is 29.3 Å². The van der Waals surface area contributed by atoms with E-state index < -0.39 is 0 Å². The lowest BCUT2D eigenvalue weighted by molar-refractivity contribution is 0.0270. The maximum atomic E-state index is 9.21. The number of piperazine rings is 1. The van der Waals surface area contributed by atoms with E-state index in [1.54, 1.807) is 0 Å². The summed E-state index contributed by atoms with van der Waals surface area (Å²) in [5.41, 5.74) is 3.12. The third-order valence-corrected chi connectivity index (χ3v) is 7.16. The summed E-state index contributed by atoms with van der Waals surface area (Å²) in [5.74, 6) is 1.55. The quantitative estimate of drug-likeness (QED) is 0.501. The molecule has 3 heterocycles. The van der Waals surface area contributed by atoms with Crippen LogP contribution in [0.15, 0.2) is 36.4 Å². The molecule has 9 heteroatoms. The number of halogens is 1. The van der Waals surface area contributed by atoms with Crippen molar-refractivity contribution in [3.05, 3.63) is 58.2 Å². The summed E-state index contributed by atoms with van der Waals surface area (Å²) < 4.78 is 6.45. The van der Waals surface area contributed by atoms with Gasteiger partial charge in [0.2, 0.25) is 5.95 Å². The summed E-state index contributed by atoms with van der Waals surface area (Å²) in [4.78, 5) is 14.3. The molecule has 2 atom stereocenters. The second-order valence-corrected chi connectivity index (χ2v) is 10.1. The number of aromatic nitrogens is 2. The van der Waals surface area contributed by atoms with Crippen molar-refractivity contribution < 1.29 is 4.74 Å². The fourth-order valence-corrected chi connectivity index (χ4v) is 5.33. The van der Waals surface area contributed by atoms with E-state index in [1.165, 1.54) is 0 Å². The molecule has 0 radical (unpaired) electrons. The molecule has 5 rings (SSSR count). The Bertz CT molecular complexity index is 1270. The van der Waals surface area contributed by atoms with Gasteiger partial charge in [0, 0.05) is 61.2 Å². The van der Waals surface area contributed by atoms with Gasteiger partial charge in [-0.2, -0.15) is 10.2 Å². The number of nitriles is 1. The Labute approximate surface area is 217 Å². The highest BCUT2D eigenvalue weighted by Gasteiger charge is 2.30. The van der Waals surface area contributed by atoms with Crippen LogP contribution < -0.4 is 15.5 Å². The first-order valence-corrected chi connectivity index (χ1v) is 12.8. The first-order valence-electron chi connectivity index (χ1n) is 12.5. The SMILES string of the molecule is CN(C)CCNc1nc2c(c(N3CCN[C@@H](CC#N)C3)n1)CO[C@H](c1cccc3cccc(Cl)c13)C2. The molecular formula is C27H32ClN7O. The van der Waals surface area contributed by atoms with Crippen molar-refractivity contribution in [1.82, 2.24) is 20.2 Å². The van der Waals surface area contributed by atoms with Gasteiger partial charge >= 0.3 is 0 Å². The number of benzene rings is 2. The topological polar surface area (TPSA) is 89.3 Å². The van der Waals surface area contributed by atoms with E-state index in [0.717, 1.165) is 71.2 Å². The van der Waals surface area contributed by atoms with Crippen molar-refractivity contribution in [2.75, 3.05) is 57.0 Å². The summed E-state index contributed by atoms with van der Waals surface area (Å²) in [5, 5.41) is 18.9.